The van der Waals surface area contributed by atoms with Gasteiger partial charge >= 0.3 is 5.97 Å². The van der Waals surface area contributed by atoms with Crippen LogP contribution in [0.1, 0.15) is 20.3 Å². The molecule has 0 aromatic heterocycles. The molecule has 3 unspecified atom stereocenters. The molecule has 1 rings (SSSR count). The zero-order chi connectivity index (χ0) is 10.2. The molecule has 0 bridgehead atoms. The number of aliphatic carboxylic acids is 1. The van der Waals surface area contributed by atoms with Crippen LogP contribution in [0.25, 0.3) is 0 Å². The van der Waals surface area contributed by atoms with Crippen molar-refractivity contribution in [1.29, 1.82) is 0 Å². The van der Waals surface area contributed by atoms with E-state index >= 15 is 0 Å². The summed E-state index contributed by atoms with van der Waals surface area (Å²) in [5.41, 5.74) is 0. The minimum Gasteiger partial charge on any atom is -0.481 e. The fourth-order valence-electron chi connectivity index (χ4n) is 1.65. The molecule has 4 nitrogen and oxygen atoms in total. The van der Waals surface area contributed by atoms with Crippen LogP contribution in [0.2, 0.25) is 0 Å². The number of hydrogen-bond donors (Lipinski definition) is 1. The monoisotopic (exact) mass is 206 g/mol. The van der Waals surface area contributed by atoms with E-state index in [0.717, 1.165) is 0 Å². The molecule has 0 amide bonds. The second kappa shape index (κ2) is 3.29. The molecule has 3 atom stereocenters. The van der Waals surface area contributed by atoms with Gasteiger partial charge in [-0.15, -0.1) is 0 Å². The molecule has 1 N–H and O–H groups in total. The van der Waals surface area contributed by atoms with Gasteiger partial charge in [0.1, 0.15) is 0 Å². The van der Waals surface area contributed by atoms with E-state index in [9.17, 15) is 13.2 Å². The van der Waals surface area contributed by atoms with E-state index in [1.54, 1.807) is 13.8 Å². The molecular formula is C8H14O4S. The number of carboxylic acid groups (broad SMARTS) is 1. The number of carboxylic acids is 1. The average molecular weight is 206 g/mol. The maximum Gasteiger partial charge on any atom is 0.306 e. The van der Waals surface area contributed by atoms with E-state index in [1.807, 2.05) is 0 Å². The summed E-state index contributed by atoms with van der Waals surface area (Å²) in [5, 5.41) is 8.33. The second-order valence-electron chi connectivity index (χ2n) is 3.76. The number of hydrogen-bond acceptors (Lipinski definition) is 3. The molecule has 1 heterocycles. The Morgan fingerprint density at radius 3 is 2.38 bits per heavy atom. The third-order valence-corrected chi connectivity index (χ3v) is 5.10. The van der Waals surface area contributed by atoms with Crippen molar-refractivity contribution in [2.75, 3.05) is 5.75 Å². The molecule has 1 fully saturated rings. The van der Waals surface area contributed by atoms with E-state index in [1.165, 1.54) is 0 Å². The summed E-state index contributed by atoms with van der Waals surface area (Å²) in [5.74, 6) is -1.65. The lowest BCUT2D eigenvalue weighted by Gasteiger charge is -2.11. The van der Waals surface area contributed by atoms with Gasteiger partial charge in [-0.25, -0.2) is 8.42 Å². The topological polar surface area (TPSA) is 71.4 Å². The van der Waals surface area contributed by atoms with E-state index < -0.39 is 21.7 Å². The minimum atomic E-state index is -3.02. The maximum atomic E-state index is 11.3. The van der Waals surface area contributed by atoms with Crippen LogP contribution < -0.4 is 0 Å². The number of rotatable bonds is 2. The van der Waals surface area contributed by atoms with Crippen LogP contribution in [0.4, 0.5) is 0 Å². The van der Waals surface area contributed by atoms with E-state index in [4.69, 9.17) is 5.11 Å². The largest absolute Gasteiger partial charge is 0.481 e. The molecule has 0 spiro atoms. The first-order chi connectivity index (χ1) is 5.84. The van der Waals surface area contributed by atoms with Crippen molar-refractivity contribution in [3.05, 3.63) is 0 Å². The lowest BCUT2D eigenvalue weighted by molar-refractivity contribution is -0.142. The summed E-state index contributed by atoms with van der Waals surface area (Å²) >= 11 is 0. The summed E-state index contributed by atoms with van der Waals surface area (Å²) in [6.07, 6.45) is 0.482. The Balaban J connectivity index is 2.75. The first-order valence-corrected chi connectivity index (χ1v) is 6.00. The Kier molecular flexibility index (Phi) is 2.66. The Morgan fingerprint density at radius 2 is 2.08 bits per heavy atom. The molecule has 0 aromatic carbocycles. The summed E-state index contributed by atoms with van der Waals surface area (Å²) in [7, 11) is -3.02. The Morgan fingerprint density at radius 1 is 1.54 bits per heavy atom. The fourth-order valence-corrected chi connectivity index (χ4v) is 3.54. The van der Waals surface area contributed by atoms with Crippen LogP contribution in [0.3, 0.4) is 0 Å². The van der Waals surface area contributed by atoms with Crippen molar-refractivity contribution in [2.45, 2.75) is 25.5 Å². The zero-order valence-electron chi connectivity index (χ0n) is 7.73. The SMILES string of the molecule is CC(C(=O)O)C1CC(C)S(=O)(=O)C1. The molecule has 1 aliphatic rings. The number of carbonyl (C=O) groups is 1. The molecule has 1 saturated heterocycles. The predicted octanol–water partition coefficient (Wildman–Crippen LogP) is 0.530. The van der Waals surface area contributed by atoms with Crippen LogP contribution in [-0.4, -0.2) is 30.5 Å². The van der Waals surface area contributed by atoms with Crippen LogP contribution in [0.15, 0.2) is 0 Å². The molecule has 1 aliphatic heterocycles. The van der Waals surface area contributed by atoms with Crippen molar-refractivity contribution in [2.24, 2.45) is 11.8 Å². The van der Waals surface area contributed by atoms with Crippen LogP contribution >= 0.6 is 0 Å². The van der Waals surface area contributed by atoms with Crippen molar-refractivity contribution in [1.82, 2.24) is 0 Å². The Labute approximate surface area is 77.9 Å². The van der Waals surface area contributed by atoms with Crippen molar-refractivity contribution >= 4 is 15.8 Å². The van der Waals surface area contributed by atoms with Gasteiger partial charge in [0.2, 0.25) is 0 Å². The predicted molar refractivity (Wildman–Crippen MR) is 48.2 cm³/mol. The lowest BCUT2D eigenvalue weighted by Crippen LogP contribution is -2.21. The molecule has 0 radical (unpaired) electrons. The van der Waals surface area contributed by atoms with Gasteiger partial charge in [0.05, 0.1) is 16.9 Å². The highest BCUT2D eigenvalue weighted by Gasteiger charge is 2.39. The normalized spacial score (nSPS) is 34.3. The van der Waals surface area contributed by atoms with Gasteiger partial charge in [0.15, 0.2) is 9.84 Å². The minimum absolute atomic E-state index is 0.0294. The highest BCUT2D eigenvalue weighted by Crippen LogP contribution is 2.30. The quantitative estimate of drug-likeness (QED) is 0.715. The second-order valence-corrected chi connectivity index (χ2v) is 6.23. The van der Waals surface area contributed by atoms with E-state index in [-0.39, 0.29) is 16.9 Å². The van der Waals surface area contributed by atoms with Gasteiger partial charge in [0.25, 0.3) is 0 Å². The Bertz CT molecular complexity index is 306. The molecule has 0 saturated carbocycles. The molecule has 13 heavy (non-hydrogen) atoms. The van der Waals surface area contributed by atoms with E-state index in [2.05, 4.69) is 0 Å². The summed E-state index contributed by atoms with van der Waals surface area (Å²) < 4.78 is 22.6. The highest BCUT2D eigenvalue weighted by molar-refractivity contribution is 7.92. The highest BCUT2D eigenvalue weighted by atomic mass is 32.2. The molecule has 5 heteroatoms. The third kappa shape index (κ3) is 2.02. The maximum absolute atomic E-state index is 11.3. The summed E-state index contributed by atoms with van der Waals surface area (Å²) in [6.45, 7) is 3.21. The van der Waals surface area contributed by atoms with E-state index in [0.29, 0.717) is 6.42 Å². The summed E-state index contributed by atoms with van der Waals surface area (Å²) in [6, 6.07) is 0. The van der Waals surface area contributed by atoms with Gasteiger partial charge in [-0.2, -0.15) is 0 Å². The van der Waals surface area contributed by atoms with Gasteiger partial charge in [-0.3, -0.25) is 4.79 Å². The van der Waals surface area contributed by atoms with Crippen LogP contribution in [0, 0.1) is 11.8 Å². The molecule has 0 aromatic rings. The standard InChI is InChI=1S/C8H14O4S/c1-5-3-7(4-13(5,11)12)6(2)8(9)10/h5-7H,3-4H2,1-2H3,(H,9,10). The first-order valence-electron chi connectivity index (χ1n) is 4.29. The summed E-state index contributed by atoms with van der Waals surface area (Å²) in [4.78, 5) is 10.6. The zero-order valence-corrected chi connectivity index (χ0v) is 8.54. The van der Waals surface area contributed by atoms with Crippen molar-refractivity contribution in [3.8, 4) is 0 Å². The molecular weight excluding hydrogens is 192 g/mol. The number of sulfone groups is 1. The van der Waals surface area contributed by atoms with Gasteiger partial charge in [-0.1, -0.05) is 6.92 Å². The Hall–Kier alpha value is -0.580. The van der Waals surface area contributed by atoms with Crippen LogP contribution in [0.5, 0.6) is 0 Å². The molecule has 0 aliphatic carbocycles. The lowest BCUT2D eigenvalue weighted by atomic mass is 9.92. The first kappa shape index (κ1) is 10.5. The molecule has 76 valence electrons. The van der Waals surface area contributed by atoms with Crippen molar-refractivity contribution < 1.29 is 18.3 Å². The van der Waals surface area contributed by atoms with Gasteiger partial charge < -0.3 is 5.11 Å². The third-order valence-electron chi connectivity index (χ3n) is 2.79. The van der Waals surface area contributed by atoms with Crippen molar-refractivity contribution in [3.63, 3.8) is 0 Å². The van der Waals surface area contributed by atoms with Gasteiger partial charge in [-0.05, 0) is 19.3 Å². The smallest absolute Gasteiger partial charge is 0.306 e. The average Bonchev–Trinajstić information content (AvgIpc) is 2.25. The fraction of sp³-hybridized carbons (Fsp3) is 0.875. The van der Waals surface area contributed by atoms with Crippen LogP contribution in [-0.2, 0) is 14.6 Å². The van der Waals surface area contributed by atoms with Gasteiger partial charge in [0, 0.05) is 0 Å².